The van der Waals surface area contributed by atoms with Crippen LogP contribution in [0, 0.1) is 5.82 Å². The average molecular weight is 317 g/mol. The van der Waals surface area contributed by atoms with E-state index in [2.05, 4.69) is 11.3 Å². The molecule has 2 N–H and O–H groups in total. The summed E-state index contributed by atoms with van der Waals surface area (Å²) in [4.78, 5) is 13.9. The molecule has 1 heterocycles. The van der Waals surface area contributed by atoms with Crippen LogP contribution in [-0.2, 0) is 0 Å². The first-order valence-electron chi connectivity index (χ1n) is 6.02. The minimum absolute atomic E-state index is 0.141. The van der Waals surface area contributed by atoms with E-state index < -0.39 is 11.6 Å². The number of amides is 1. The SMILES string of the molecule is C=CSNC1CCN(C(=O)c2cc(F)c(O)c(Cl)c2)C1. The van der Waals surface area contributed by atoms with Crippen molar-refractivity contribution in [3.63, 3.8) is 0 Å². The molecule has 1 saturated heterocycles. The van der Waals surface area contributed by atoms with Gasteiger partial charge in [0.15, 0.2) is 11.6 Å². The van der Waals surface area contributed by atoms with Crippen LogP contribution < -0.4 is 4.72 Å². The van der Waals surface area contributed by atoms with Crippen molar-refractivity contribution in [3.05, 3.63) is 40.5 Å². The van der Waals surface area contributed by atoms with Crippen molar-refractivity contribution in [1.82, 2.24) is 9.62 Å². The van der Waals surface area contributed by atoms with Crippen LogP contribution in [0.3, 0.4) is 0 Å². The van der Waals surface area contributed by atoms with Gasteiger partial charge in [0.1, 0.15) is 0 Å². The number of rotatable bonds is 4. The van der Waals surface area contributed by atoms with Crippen molar-refractivity contribution in [3.8, 4) is 5.75 Å². The number of likely N-dealkylation sites (tertiary alicyclic amines) is 1. The Labute approximate surface area is 125 Å². The van der Waals surface area contributed by atoms with Gasteiger partial charge in [0, 0.05) is 24.7 Å². The molecule has 1 fully saturated rings. The molecule has 1 amide bonds. The van der Waals surface area contributed by atoms with Crippen LogP contribution in [0.2, 0.25) is 5.02 Å². The second kappa shape index (κ2) is 6.47. The fourth-order valence-electron chi connectivity index (χ4n) is 2.06. The molecule has 0 aliphatic carbocycles. The maximum atomic E-state index is 13.4. The summed E-state index contributed by atoms with van der Waals surface area (Å²) in [6, 6.07) is 2.46. The molecular weight excluding hydrogens is 303 g/mol. The lowest BCUT2D eigenvalue weighted by molar-refractivity contribution is 0.0790. The fourth-order valence-corrected chi connectivity index (χ4v) is 2.75. The maximum Gasteiger partial charge on any atom is 0.254 e. The average Bonchev–Trinajstić information content (AvgIpc) is 2.90. The summed E-state index contributed by atoms with van der Waals surface area (Å²) in [5, 5.41) is 10.8. The highest BCUT2D eigenvalue weighted by atomic mass is 35.5. The van der Waals surface area contributed by atoms with Gasteiger partial charge in [0.2, 0.25) is 0 Å². The largest absolute Gasteiger partial charge is 0.504 e. The van der Waals surface area contributed by atoms with Crippen molar-refractivity contribution >= 4 is 29.5 Å². The summed E-state index contributed by atoms with van der Waals surface area (Å²) >= 11 is 7.06. The van der Waals surface area contributed by atoms with Gasteiger partial charge in [-0.05, 0) is 24.0 Å². The van der Waals surface area contributed by atoms with E-state index in [1.807, 2.05) is 0 Å². The topological polar surface area (TPSA) is 52.6 Å². The fraction of sp³-hybridized carbons (Fsp3) is 0.308. The van der Waals surface area contributed by atoms with Crippen LogP contribution in [-0.4, -0.2) is 35.0 Å². The summed E-state index contributed by atoms with van der Waals surface area (Å²) in [6.45, 7) is 4.72. The van der Waals surface area contributed by atoms with Gasteiger partial charge < -0.3 is 10.0 Å². The summed E-state index contributed by atoms with van der Waals surface area (Å²) in [7, 11) is 0. The van der Waals surface area contributed by atoms with Crippen LogP contribution in [0.4, 0.5) is 4.39 Å². The molecule has 0 spiro atoms. The molecular formula is C13H14ClFN2O2S. The summed E-state index contributed by atoms with van der Waals surface area (Å²) in [5.41, 5.74) is 0.141. The second-order valence-corrected chi connectivity index (χ2v) is 5.64. The lowest BCUT2D eigenvalue weighted by Gasteiger charge is -2.17. The number of phenolic OH excluding ortho intramolecular Hbond substituents is 1. The van der Waals surface area contributed by atoms with Gasteiger partial charge in [-0.15, -0.1) is 0 Å². The smallest absolute Gasteiger partial charge is 0.254 e. The van der Waals surface area contributed by atoms with Gasteiger partial charge in [0.25, 0.3) is 5.91 Å². The number of hydrogen-bond acceptors (Lipinski definition) is 4. The first kappa shape index (κ1) is 15.2. The molecule has 1 aromatic carbocycles. The minimum Gasteiger partial charge on any atom is -0.504 e. The number of nitrogens with zero attached hydrogens (tertiary/aromatic N) is 1. The highest BCUT2D eigenvalue weighted by Gasteiger charge is 2.27. The van der Waals surface area contributed by atoms with E-state index in [0.717, 1.165) is 12.5 Å². The molecule has 1 aliphatic rings. The van der Waals surface area contributed by atoms with Gasteiger partial charge in [-0.2, -0.15) is 0 Å². The van der Waals surface area contributed by atoms with E-state index >= 15 is 0 Å². The Bertz CT molecular complexity index is 518. The number of carbonyl (C=O) groups excluding carboxylic acids is 1. The zero-order valence-corrected chi connectivity index (χ0v) is 12.2. The van der Waals surface area contributed by atoms with Crippen LogP contribution in [0.1, 0.15) is 16.8 Å². The van der Waals surface area contributed by atoms with Crippen molar-refractivity contribution in [1.29, 1.82) is 0 Å². The van der Waals surface area contributed by atoms with Gasteiger partial charge in [-0.25, -0.2) is 4.39 Å². The van der Waals surface area contributed by atoms with Crippen molar-refractivity contribution < 1.29 is 14.3 Å². The van der Waals surface area contributed by atoms with Crippen LogP contribution >= 0.6 is 23.5 Å². The Kier molecular flexibility index (Phi) is 4.91. The van der Waals surface area contributed by atoms with Crippen molar-refractivity contribution in [2.45, 2.75) is 12.5 Å². The summed E-state index contributed by atoms with van der Waals surface area (Å²) < 4.78 is 16.6. The molecule has 1 aromatic rings. The summed E-state index contributed by atoms with van der Waals surface area (Å²) in [5.74, 6) is -1.82. The van der Waals surface area contributed by atoms with Crippen molar-refractivity contribution in [2.75, 3.05) is 13.1 Å². The number of benzene rings is 1. The third kappa shape index (κ3) is 3.26. The molecule has 0 saturated carbocycles. The lowest BCUT2D eigenvalue weighted by Crippen LogP contribution is -2.32. The Morgan fingerprint density at radius 1 is 1.65 bits per heavy atom. The second-order valence-electron chi connectivity index (χ2n) is 4.43. The van der Waals surface area contributed by atoms with Gasteiger partial charge in [-0.1, -0.05) is 30.1 Å². The third-order valence-corrected chi connectivity index (χ3v) is 3.98. The lowest BCUT2D eigenvalue weighted by atomic mass is 10.2. The molecule has 7 heteroatoms. The molecule has 2 rings (SSSR count). The molecule has 20 heavy (non-hydrogen) atoms. The van der Waals surface area contributed by atoms with Gasteiger partial charge in [0.05, 0.1) is 5.02 Å². The normalized spacial score (nSPS) is 18.3. The minimum atomic E-state index is -0.892. The zero-order valence-electron chi connectivity index (χ0n) is 10.6. The Hall–Kier alpha value is -1.24. The van der Waals surface area contributed by atoms with Gasteiger partial charge in [-0.3, -0.25) is 9.52 Å². The standard InChI is InChI=1S/C13H14ClFN2O2S/c1-2-20-16-9-3-4-17(7-9)13(19)8-5-10(14)12(18)11(15)6-8/h2,5-6,9,16,18H,1,3-4,7H2. The van der Waals surface area contributed by atoms with Gasteiger partial charge >= 0.3 is 0 Å². The van der Waals surface area contributed by atoms with E-state index in [-0.39, 0.29) is 22.5 Å². The molecule has 108 valence electrons. The predicted molar refractivity (Wildman–Crippen MR) is 78.3 cm³/mol. The van der Waals surface area contributed by atoms with E-state index in [1.54, 1.807) is 10.3 Å². The molecule has 0 bridgehead atoms. The quantitative estimate of drug-likeness (QED) is 0.839. The monoisotopic (exact) mass is 316 g/mol. The zero-order chi connectivity index (χ0) is 14.7. The van der Waals surface area contributed by atoms with Crippen LogP contribution in [0.25, 0.3) is 0 Å². The Balaban J connectivity index is 2.07. The Morgan fingerprint density at radius 3 is 3.05 bits per heavy atom. The van der Waals surface area contributed by atoms with E-state index in [9.17, 15) is 14.3 Å². The van der Waals surface area contributed by atoms with Crippen LogP contribution in [0.5, 0.6) is 5.75 Å². The van der Waals surface area contributed by atoms with E-state index in [0.29, 0.717) is 13.1 Å². The van der Waals surface area contributed by atoms with Crippen molar-refractivity contribution in [2.24, 2.45) is 0 Å². The number of phenols is 1. The molecule has 1 atom stereocenters. The number of nitrogens with one attached hydrogen (secondary N) is 1. The Morgan fingerprint density at radius 2 is 2.40 bits per heavy atom. The number of halogens is 2. The third-order valence-electron chi connectivity index (χ3n) is 3.06. The molecule has 0 radical (unpaired) electrons. The molecule has 1 unspecified atom stereocenters. The van der Waals surface area contributed by atoms with Crippen LogP contribution in [0.15, 0.2) is 24.1 Å². The highest BCUT2D eigenvalue weighted by Crippen LogP contribution is 2.28. The first-order chi connectivity index (χ1) is 9.52. The first-order valence-corrected chi connectivity index (χ1v) is 7.28. The number of carbonyl (C=O) groups is 1. The highest BCUT2D eigenvalue weighted by molar-refractivity contribution is 8.00. The molecule has 4 nitrogen and oxygen atoms in total. The molecule has 1 aliphatic heterocycles. The molecule has 0 aromatic heterocycles. The van der Waals surface area contributed by atoms with E-state index in [1.165, 1.54) is 18.0 Å². The predicted octanol–water partition coefficient (Wildman–Crippen LogP) is 2.78. The summed E-state index contributed by atoms with van der Waals surface area (Å²) in [6.07, 6.45) is 0.820. The number of aromatic hydroxyl groups is 1. The maximum absolute atomic E-state index is 13.4. The van der Waals surface area contributed by atoms with E-state index in [4.69, 9.17) is 11.6 Å². The number of hydrogen-bond donors (Lipinski definition) is 2.